The van der Waals surface area contributed by atoms with Crippen molar-refractivity contribution < 1.29 is 0 Å². The summed E-state index contributed by atoms with van der Waals surface area (Å²) in [5, 5.41) is 5.28. The van der Waals surface area contributed by atoms with Crippen LogP contribution in [0.4, 0.5) is 11.4 Å². The van der Waals surface area contributed by atoms with Crippen LogP contribution in [0.3, 0.4) is 0 Å². The molecule has 372 valence electrons. The van der Waals surface area contributed by atoms with Gasteiger partial charge < -0.3 is 13.9 Å². The van der Waals surface area contributed by atoms with Crippen molar-refractivity contribution in [2.75, 3.05) is 4.90 Å². The number of fused-ring (bicyclic) bond motifs is 10. The Morgan fingerprint density at radius 2 is 0.933 bits per heavy atom. The van der Waals surface area contributed by atoms with Gasteiger partial charge in [-0.3, -0.25) is 0 Å². The fourth-order valence-corrected chi connectivity index (χ4v) is 13.4. The number of anilines is 2. The highest BCUT2D eigenvalue weighted by molar-refractivity contribution is 6.87. The normalized spacial score (nSPS) is 15.5. The fourth-order valence-electron chi connectivity index (χ4n) is 13.4. The molecule has 0 radical (unpaired) electrons. The van der Waals surface area contributed by atoms with Gasteiger partial charge >= 0.3 is 6.85 Å². The molecule has 8 aromatic carbocycles. The van der Waals surface area contributed by atoms with E-state index in [1.54, 1.807) is 0 Å². The Balaban J connectivity index is 1.27. The Morgan fingerprint density at radius 3 is 1.55 bits per heavy atom. The molecule has 0 bridgehead atoms. The van der Waals surface area contributed by atoms with Gasteiger partial charge in [-0.1, -0.05) is 200 Å². The highest BCUT2D eigenvalue weighted by Gasteiger charge is 2.54. The molecule has 0 saturated carbocycles. The van der Waals surface area contributed by atoms with E-state index in [-0.39, 0.29) is 28.5 Å². The zero-order valence-electron chi connectivity index (χ0n) is 46.6. The summed E-state index contributed by atoms with van der Waals surface area (Å²) in [5.74, 6) is 0. The maximum Gasteiger partial charge on any atom is 0.333 e. The molecule has 1 aliphatic carbocycles. The van der Waals surface area contributed by atoms with Gasteiger partial charge in [-0.25, -0.2) is 0 Å². The Kier molecular flexibility index (Phi) is 10.0. The van der Waals surface area contributed by atoms with Gasteiger partial charge in [-0.15, -0.1) is 0 Å². The Bertz CT molecular complexity index is 4080. The first-order chi connectivity index (χ1) is 35.5. The molecule has 0 N–H and O–H groups in total. The van der Waals surface area contributed by atoms with Crippen LogP contribution in [0.5, 0.6) is 0 Å². The third-order valence-corrected chi connectivity index (χ3v) is 17.2. The van der Waals surface area contributed by atoms with Crippen LogP contribution < -0.4 is 10.4 Å². The summed E-state index contributed by atoms with van der Waals surface area (Å²) in [4.78, 5) is 2.71. The maximum absolute atomic E-state index is 2.83. The molecule has 0 atom stereocenters. The van der Waals surface area contributed by atoms with E-state index in [2.05, 4.69) is 281 Å². The Labute approximate surface area is 445 Å². The van der Waals surface area contributed by atoms with Crippen molar-refractivity contribution in [2.45, 2.75) is 119 Å². The quantitative estimate of drug-likeness (QED) is 0.160. The third-order valence-electron chi connectivity index (χ3n) is 17.2. The molecule has 0 spiro atoms. The predicted molar refractivity (Wildman–Crippen MR) is 324 cm³/mol. The number of benzene rings is 8. The average Bonchev–Trinajstić information content (AvgIpc) is 4.13. The molecule has 0 unspecified atom stereocenters. The number of allylic oxidation sites excluding steroid dienone is 3. The number of nitrogens with zero attached hydrogens (tertiary/aromatic N) is 3. The van der Waals surface area contributed by atoms with Crippen LogP contribution in [0.2, 0.25) is 0 Å². The third kappa shape index (κ3) is 6.93. The molecule has 3 aliphatic rings. The SMILES string of the molecule is CC1(C)C(c2ccccc2)=C(c2ccccc2)C2=C1N(c1ccc(C(C)(C)C)cc1)c1cc(C(C)(C)C)cc3c1B2n1c2ccc4c(c5cc(C(C)(C)C)ccc5n4-c4ccccc4)c2c2cc(C(C)(C)C)cc-3c21. The van der Waals surface area contributed by atoms with E-state index >= 15 is 0 Å². The van der Waals surface area contributed by atoms with Gasteiger partial charge in [0.1, 0.15) is 0 Å². The molecule has 75 heavy (non-hydrogen) atoms. The van der Waals surface area contributed by atoms with Crippen LogP contribution in [0.1, 0.15) is 130 Å². The predicted octanol–water partition coefficient (Wildman–Crippen LogP) is 18.4. The summed E-state index contributed by atoms with van der Waals surface area (Å²) in [7, 11) is 0. The lowest BCUT2D eigenvalue weighted by atomic mass is 9.43. The Hall–Kier alpha value is -7.30. The number of rotatable bonds is 4. The molecule has 4 heterocycles. The summed E-state index contributed by atoms with van der Waals surface area (Å²) >= 11 is 0. The minimum absolute atomic E-state index is 0.0128. The van der Waals surface area contributed by atoms with Gasteiger partial charge in [0.25, 0.3) is 0 Å². The van der Waals surface area contributed by atoms with Crippen LogP contribution >= 0.6 is 0 Å². The second-order valence-corrected chi connectivity index (χ2v) is 26.7. The molecule has 4 heteroatoms. The number of aromatic nitrogens is 2. The lowest BCUT2D eigenvalue weighted by molar-refractivity contribution is 0.586. The molecule has 10 aromatic rings. The second-order valence-electron chi connectivity index (χ2n) is 26.7. The molecule has 0 fully saturated rings. The molecule has 0 saturated heterocycles. The van der Waals surface area contributed by atoms with E-state index in [4.69, 9.17) is 0 Å². The first-order valence-corrected chi connectivity index (χ1v) is 27.4. The number of para-hydroxylation sites is 1. The first-order valence-electron chi connectivity index (χ1n) is 27.4. The van der Waals surface area contributed by atoms with Gasteiger partial charge in [-0.2, -0.15) is 0 Å². The van der Waals surface area contributed by atoms with Gasteiger partial charge in [0, 0.05) is 66.3 Å². The smallest absolute Gasteiger partial charge is 0.333 e. The van der Waals surface area contributed by atoms with E-state index in [9.17, 15) is 0 Å². The number of hydrogen-bond donors (Lipinski definition) is 0. The molecule has 3 nitrogen and oxygen atoms in total. The lowest BCUT2D eigenvalue weighted by Crippen LogP contribution is -2.51. The molecule has 2 aromatic heterocycles. The minimum Gasteiger partial charge on any atom is -0.375 e. The summed E-state index contributed by atoms with van der Waals surface area (Å²) in [6.45, 7) is 33.2. The second kappa shape index (κ2) is 15.9. The molecule has 13 rings (SSSR count). The number of hydrogen-bond acceptors (Lipinski definition) is 1. The van der Waals surface area contributed by atoms with E-state index in [0.717, 1.165) is 0 Å². The largest absolute Gasteiger partial charge is 0.375 e. The van der Waals surface area contributed by atoms with Crippen molar-refractivity contribution in [3.63, 3.8) is 0 Å². The summed E-state index contributed by atoms with van der Waals surface area (Å²) < 4.78 is 5.35. The van der Waals surface area contributed by atoms with Crippen LogP contribution in [0.15, 0.2) is 181 Å². The van der Waals surface area contributed by atoms with Gasteiger partial charge in [0.2, 0.25) is 0 Å². The zero-order valence-corrected chi connectivity index (χ0v) is 46.6. The Morgan fingerprint density at radius 1 is 0.427 bits per heavy atom. The maximum atomic E-state index is 2.83. The van der Waals surface area contributed by atoms with Gasteiger partial charge in [0.05, 0.1) is 11.0 Å². The van der Waals surface area contributed by atoms with E-state index in [1.807, 2.05) is 0 Å². The highest BCUT2D eigenvalue weighted by atomic mass is 15.2. The van der Waals surface area contributed by atoms with Crippen molar-refractivity contribution in [3.8, 4) is 16.8 Å². The van der Waals surface area contributed by atoms with Crippen molar-refractivity contribution in [1.82, 2.24) is 9.05 Å². The fraction of sp³-hybridized carbons (Fsp3) is 0.268. The van der Waals surface area contributed by atoms with Crippen molar-refractivity contribution in [1.29, 1.82) is 0 Å². The monoisotopic (exact) mass is 976 g/mol. The first kappa shape index (κ1) is 47.4. The zero-order chi connectivity index (χ0) is 52.5. The minimum atomic E-state index is -0.432. The standard InChI is InChI=1S/C71H70BN3/c1-67(2,3)45-30-33-50(34-31-45)74-58-42-48(70(10,11)12)39-51-52-40-47(69(7,8)9)41-54-61-57(37-36-56-60(61)53-38-46(68(4,5)6)32-35-55(53)73(56)49-28-22-17-23-29-49)75(65(52)54)72(63(51)58)64-59(43-24-18-15-19-25-43)62(71(13,14)66(64)74)44-26-20-16-21-27-44/h15-42H,1-14H3. The summed E-state index contributed by atoms with van der Waals surface area (Å²) in [6.07, 6.45) is 0. The van der Waals surface area contributed by atoms with E-state index < -0.39 is 5.41 Å². The molecular weight excluding hydrogens is 906 g/mol. The molecule has 2 aliphatic heterocycles. The van der Waals surface area contributed by atoms with Crippen LogP contribution in [0, 0.1) is 5.41 Å². The van der Waals surface area contributed by atoms with E-state index in [0.29, 0.717) is 0 Å². The van der Waals surface area contributed by atoms with Crippen LogP contribution in [0.25, 0.3) is 71.6 Å². The summed E-state index contributed by atoms with van der Waals surface area (Å²) in [5.41, 5.74) is 25.3. The lowest BCUT2D eigenvalue weighted by Gasteiger charge is -2.45. The van der Waals surface area contributed by atoms with Crippen molar-refractivity contribution >= 4 is 78.4 Å². The highest BCUT2D eigenvalue weighted by Crippen LogP contribution is 2.62. The van der Waals surface area contributed by atoms with Gasteiger partial charge in [-0.05, 0) is 149 Å². The van der Waals surface area contributed by atoms with Crippen molar-refractivity contribution in [3.05, 3.63) is 214 Å². The van der Waals surface area contributed by atoms with Gasteiger partial charge in [0.15, 0.2) is 0 Å². The van der Waals surface area contributed by atoms with E-state index in [1.165, 1.54) is 133 Å². The average molecular weight is 976 g/mol. The molecule has 0 amide bonds. The molecular formula is C71H70BN3. The van der Waals surface area contributed by atoms with Crippen LogP contribution in [-0.2, 0) is 21.7 Å². The topological polar surface area (TPSA) is 13.1 Å². The summed E-state index contributed by atoms with van der Waals surface area (Å²) in [6, 6.07) is 65.7. The van der Waals surface area contributed by atoms with Crippen LogP contribution in [-0.4, -0.2) is 15.9 Å². The van der Waals surface area contributed by atoms with Crippen molar-refractivity contribution in [2.24, 2.45) is 5.41 Å².